The van der Waals surface area contributed by atoms with Crippen molar-refractivity contribution in [3.8, 4) is 0 Å². The third-order valence-electron chi connectivity index (χ3n) is 2.73. The first-order valence-electron chi connectivity index (χ1n) is 5.33. The fraction of sp³-hybridized carbons (Fsp3) is 0.417. The highest BCUT2D eigenvalue weighted by molar-refractivity contribution is 5.55. The summed E-state index contributed by atoms with van der Waals surface area (Å²) >= 11 is 0. The average Bonchev–Trinajstić information content (AvgIpc) is 2.61. The van der Waals surface area contributed by atoms with Crippen molar-refractivity contribution >= 4 is 5.52 Å². The topological polar surface area (TPSA) is 43.3 Å². The van der Waals surface area contributed by atoms with Gasteiger partial charge in [0.25, 0.3) is 0 Å². The minimum Gasteiger partial charge on any atom is -0.330 e. The van der Waals surface area contributed by atoms with Crippen molar-refractivity contribution in [1.82, 2.24) is 9.61 Å². The van der Waals surface area contributed by atoms with Crippen molar-refractivity contribution in [3.63, 3.8) is 0 Å². The Morgan fingerprint density at radius 3 is 3.07 bits per heavy atom. The summed E-state index contributed by atoms with van der Waals surface area (Å²) in [5, 5.41) is 4.32. The first-order valence-corrected chi connectivity index (χ1v) is 5.33. The molecule has 3 heteroatoms. The van der Waals surface area contributed by atoms with E-state index in [0.29, 0.717) is 5.92 Å². The van der Waals surface area contributed by atoms with Crippen LogP contribution < -0.4 is 5.73 Å². The third-order valence-corrected chi connectivity index (χ3v) is 2.73. The van der Waals surface area contributed by atoms with Crippen molar-refractivity contribution in [1.29, 1.82) is 0 Å². The summed E-state index contributed by atoms with van der Waals surface area (Å²) in [5.41, 5.74) is 9.40. The van der Waals surface area contributed by atoms with Crippen molar-refractivity contribution in [2.45, 2.75) is 20.3 Å². The molecular weight excluding hydrogens is 186 g/mol. The second-order valence-electron chi connectivity index (χ2n) is 4.25. The lowest BCUT2D eigenvalue weighted by Gasteiger charge is -2.06. The van der Waals surface area contributed by atoms with Gasteiger partial charge in [-0.05, 0) is 49.1 Å². The van der Waals surface area contributed by atoms with E-state index in [-0.39, 0.29) is 0 Å². The Balaban J connectivity index is 2.39. The molecule has 1 unspecified atom stereocenters. The van der Waals surface area contributed by atoms with Gasteiger partial charge in [0.1, 0.15) is 0 Å². The van der Waals surface area contributed by atoms with E-state index < -0.39 is 0 Å². The predicted molar refractivity (Wildman–Crippen MR) is 61.9 cm³/mol. The number of nitrogens with two attached hydrogens (primary N) is 1. The first-order chi connectivity index (χ1) is 7.20. The number of rotatable bonds is 3. The molecule has 2 aromatic rings. The summed E-state index contributed by atoms with van der Waals surface area (Å²) in [6, 6.07) is 4.24. The minimum atomic E-state index is 0.513. The Morgan fingerprint density at radius 1 is 1.53 bits per heavy atom. The molecule has 0 saturated heterocycles. The van der Waals surface area contributed by atoms with Crippen molar-refractivity contribution in [2.75, 3.05) is 6.54 Å². The van der Waals surface area contributed by atoms with Crippen LogP contribution in [-0.4, -0.2) is 16.2 Å². The summed E-state index contributed by atoms with van der Waals surface area (Å²) < 4.78 is 1.92. The molecule has 0 fully saturated rings. The molecule has 2 rings (SSSR count). The maximum absolute atomic E-state index is 5.64. The van der Waals surface area contributed by atoms with Crippen LogP contribution in [0.1, 0.15) is 18.1 Å². The fourth-order valence-corrected chi connectivity index (χ4v) is 1.75. The summed E-state index contributed by atoms with van der Waals surface area (Å²) in [4.78, 5) is 0. The van der Waals surface area contributed by atoms with Gasteiger partial charge in [-0.25, -0.2) is 4.52 Å². The molecule has 0 saturated carbocycles. The Labute approximate surface area is 89.9 Å². The number of aryl methyl sites for hydroxylation is 1. The maximum Gasteiger partial charge on any atom is 0.0696 e. The lowest BCUT2D eigenvalue weighted by atomic mass is 10.0. The van der Waals surface area contributed by atoms with Gasteiger partial charge in [-0.3, -0.25) is 0 Å². The summed E-state index contributed by atoms with van der Waals surface area (Å²) in [6.07, 6.45) is 4.95. The summed E-state index contributed by atoms with van der Waals surface area (Å²) in [7, 11) is 0. The molecule has 2 N–H and O–H groups in total. The van der Waals surface area contributed by atoms with E-state index in [4.69, 9.17) is 5.73 Å². The number of hydrogen-bond donors (Lipinski definition) is 1. The zero-order valence-electron chi connectivity index (χ0n) is 9.27. The van der Waals surface area contributed by atoms with E-state index in [0.717, 1.165) is 13.0 Å². The van der Waals surface area contributed by atoms with Crippen LogP contribution in [0.5, 0.6) is 0 Å². The number of aromatic nitrogens is 2. The van der Waals surface area contributed by atoms with E-state index in [9.17, 15) is 0 Å². The minimum absolute atomic E-state index is 0.513. The van der Waals surface area contributed by atoms with Crippen molar-refractivity contribution in [2.24, 2.45) is 11.7 Å². The third kappa shape index (κ3) is 2.02. The van der Waals surface area contributed by atoms with Gasteiger partial charge in [0.2, 0.25) is 0 Å². The molecule has 80 valence electrons. The second kappa shape index (κ2) is 4.03. The molecule has 0 aliphatic heterocycles. The van der Waals surface area contributed by atoms with Crippen LogP contribution >= 0.6 is 0 Å². The Hall–Kier alpha value is -1.35. The van der Waals surface area contributed by atoms with E-state index in [1.54, 1.807) is 0 Å². The number of hydrogen-bond acceptors (Lipinski definition) is 2. The molecule has 0 radical (unpaired) electrons. The summed E-state index contributed by atoms with van der Waals surface area (Å²) in [6.45, 7) is 4.99. The van der Waals surface area contributed by atoms with Gasteiger partial charge >= 0.3 is 0 Å². The van der Waals surface area contributed by atoms with Gasteiger partial charge in [-0.1, -0.05) is 6.92 Å². The SMILES string of the molecule is Cc1ccn2ncc(CC(C)CN)c2c1. The molecule has 2 heterocycles. The standard InChI is InChI=1S/C12H17N3/c1-9-3-4-15-12(6-9)11(8-14-15)5-10(2)7-13/h3-4,6,8,10H,5,7,13H2,1-2H3. The molecule has 0 aliphatic rings. The number of fused-ring (bicyclic) bond motifs is 1. The van der Waals surface area contributed by atoms with Crippen molar-refractivity contribution < 1.29 is 0 Å². The van der Waals surface area contributed by atoms with Crippen LogP contribution in [0.3, 0.4) is 0 Å². The van der Waals surface area contributed by atoms with E-state index in [1.165, 1.54) is 16.6 Å². The molecule has 2 aromatic heterocycles. The Morgan fingerprint density at radius 2 is 2.33 bits per heavy atom. The smallest absolute Gasteiger partial charge is 0.0696 e. The molecule has 1 atom stereocenters. The molecule has 3 nitrogen and oxygen atoms in total. The van der Waals surface area contributed by atoms with Crippen LogP contribution in [0.25, 0.3) is 5.52 Å². The molecule has 0 aliphatic carbocycles. The van der Waals surface area contributed by atoms with Gasteiger partial charge in [-0.2, -0.15) is 5.10 Å². The van der Waals surface area contributed by atoms with E-state index in [1.807, 2.05) is 16.9 Å². The highest BCUT2D eigenvalue weighted by atomic mass is 15.2. The maximum atomic E-state index is 5.64. The monoisotopic (exact) mass is 203 g/mol. The van der Waals surface area contributed by atoms with Gasteiger partial charge in [-0.15, -0.1) is 0 Å². The Kier molecular flexibility index (Phi) is 2.73. The van der Waals surface area contributed by atoms with Gasteiger partial charge in [0.15, 0.2) is 0 Å². The van der Waals surface area contributed by atoms with Crippen LogP contribution in [0.2, 0.25) is 0 Å². The summed E-state index contributed by atoms with van der Waals surface area (Å²) in [5.74, 6) is 0.513. The second-order valence-corrected chi connectivity index (χ2v) is 4.25. The van der Waals surface area contributed by atoms with E-state index in [2.05, 4.69) is 31.1 Å². The van der Waals surface area contributed by atoms with Gasteiger partial charge in [0, 0.05) is 6.20 Å². The molecule has 0 bridgehead atoms. The largest absolute Gasteiger partial charge is 0.330 e. The number of nitrogens with zero attached hydrogens (tertiary/aromatic N) is 2. The average molecular weight is 203 g/mol. The zero-order valence-corrected chi connectivity index (χ0v) is 9.27. The predicted octanol–water partition coefficient (Wildman–Crippen LogP) is 1.78. The fourth-order valence-electron chi connectivity index (χ4n) is 1.75. The van der Waals surface area contributed by atoms with Gasteiger partial charge < -0.3 is 5.73 Å². The lowest BCUT2D eigenvalue weighted by Crippen LogP contribution is -2.12. The van der Waals surface area contributed by atoms with Gasteiger partial charge in [0.05, 0.1) is 11.7 Å². The Bertz CT molecular complexity index is 459. The van der Waals surface area contributed by atoms with Crippen molar-refractivity contribution in [3.05, 3.63) is 35.7 Å². The van der Waals surface area contributed by atoms with E-state index >= 15 is 0 Å². The van der Waals surface area contributed by atoms with Crippen LogP contribution in [0.4, 0.5) is 0 Å². The molecule has 0 spiro atoms. The van der Waals surface area contributed by atoms with Crippen LogP contribution in [0.15, 0.2) is 24.5 Å². The normalized spacial score (nSPS) is 13.3. The quantitative estimate of drug-likeness (QED) is 0.826. The highest BCUT2D eigenvalue weighted by Crippen LogP contribution is 2.15. The van der Waals surface area contributed by atoms with Crippen LogP contribution in [0, 0.1) is 12.8 Å². The molecule has 0 amide bonds. The van der Waals surface area contributed by atoms with Crippen LogP contribution in [-0.2, 0) is 6.42 Å². The molecular formula is C12H17N3. The zero-order chi connectivity index (χ0) is 10.8. The lowest BCUT2D eigenvalue weighted by molar-refractivity contribution is 0.595. The highest BCUT2D eigenvalue weighted by Gasteiger charge is 2.07. The number of pyridine rings is 1. The molecule has 15 heavy (non-hydrogen) atoms. The first kappa shape index (κ1) is 10.2. The molecule has 0 aromatic carbocycles.